The van der Waals surface area contributed by atoms with E-state index in [4.69, 9.17) is 0 Å². The Bertz CT molecular complexity index is 280. The van der Waals surface area contributed by atoms with E-state index in [0.29, 0.717) is 0 Å². The van der Waals surface area contributed by atoms with E-state index in [1.807, 2.05) is 0 Å². The Morgan fingerprint density at radius 3 is 1.56 bits per heavy atom. The van der Waals surface area contributed by atoms with Crippen LogP contribution in [0, 0.1) is 0 Å². The zero-order valence-electron chi connectivity index (χ0n) is 13.2. The standard InChI is InChI=1S/C10H16N.C6H15B/c1-11(2,3)9-10-7-5-4-6-8-10;1-4-7(5-2)6-3/h4-8H,9H2,1-3H3;4-6H2,1-3H3/q+1;. The fourth-order valence-electron chi connectivity index (χ4n) is 2.00. The molecule has 1 nitrogen and oxygen atoms in total. The molecule has 0 aliphatic rings. The second-order valence-corrected chi connectivity index (χ2v) is 6.02. The maximum Gasteiger partial charge on any atom is 0.139 e. The topological polar surface area (TPSA) is 0 Å². The van der Waals surface area contributed by atoms with Crippen LogP contribution in [0.1, 0.15) is 26.3 Å². The van der Waals surface area contributed by atoms with E-state index >= 15 is 0 Å². The van der Waals surface area contributed by atoms with Gasteiger partial charge in [0.2, 0.25) is 0 Å². The van der Waals surface area contributed by atoms with Crippen LogP contribution in [0.25, 0.3) is 0 Å². The van der Waals surface area contributed by atoms with Gasteiger partial charge in [-0.3, -0.25) is 0 Å². The summed E-state index contributed by atoms with van der Waals surface area (Å²) < 4.78 is 0.990. The van der Waals surface area contributed by atoms with Gasteiger partial charge in [-0.2, -0.15) is 0 Å². The molecule has 0 saturated carbocycles. The molecule has 0 N–H and O–H groups in total. The summed E-state index contributed by atoms with van der Waals surface area (Å²) >= 11 is 0. The minimum Gasteiger partial charge on any atom is -0.327 e. The summed E-state index contributed by atoms with van der Waals surface area (Å²) in [6, 6.07) is 10.6. The van der Waals surface area contributed by atoms with Gasteiger partial charge in [-0.25, -0.2) is 0 Å². The molecule has 0 fully saturated rings. The van der Waals surface area contributed by atoms with Crippen molar-refractivity contribution < 1.29 is 4.48 Å². The maximum atomic E-state index is 2.26. The third-order valence-corrected chi connectivity index (χ3v) is 3.23. The summed E-state index contributed by atoms with van der Waals surface area (Å²) in [7, 11) is 6.60. The Kier molecular flexibility index (Phi) is 8.83. The molecule has 1 aromatic carbocycles. The van der Waals surface area contributed by atoms with Crippen LogP contribution in [-0.2, 0) is 6.54 Å². The predicted octanol–water partition coefficient (Wildman–Crippen LogP) is 4.43. The van der Waals surface area contributed by atoms with Gasteiger partial charge >= 0.3 is 0 Å². The average Bonchev–Trinajstić information content (AvgIpc) is 2.31. The molecule has 1 rings (SSSR count). The van der Waals surface area contributed by atoms with E-state index in [1.165, 1.54) is 24.5 Å². The SMILES string of the molecule is CCB(CC)CC.C[N+](C)(C)Cc1ccccc1. The van der Waals surface area contributed by atoms with Gasteiger partial charge in [0.05, 0.1) is 21.1 Å². The highest BCUT2D eigenvalue weighted by Crippen LogP contribution is 2.05. The van der Waals surface area contributed by atoms with Crippen LogP contribution in [-0.4, -0.2) is 32.3 Å². The first-order valence-electron chi connectivity index (χ1n) is 7.27. The Morgan fingerprint density at radius 1 is 0.833 bits per heavy atom. The highest BCUT2D eigenvalue weighted by atomic mass is 15.3. The fraction of sp³-hybridized carbons (Fsp3) is 0.625. The van der Waals surface area contributed by atoms with Crippen molar-refractivity contribution in [2.45, 2.75) is 46.3 Å². The predicted molar refractivity (Wildman–Crippen MR) is 85.4 cm³/mol. The van der Waals surface area contributed by atoms with Crippen molar-refractivity contribution in [3.05, 3.63) is 35.9 Å². The van der Waals surface area contributed by atoms with Gasteiger partial charge in [0.1, 0.15) is 13.3 Å². The summed E-state index contributed by atoms with van der Waals surface area (Å²) in [4.78, 5) is 0. The Balaban J connectivity index is 0.000000360. The number of hydrogen-bond donors (Lipinski definition) is 0. The number of nitrogens with zero attached hydrogens (tertiary/aromatic N) is 1. The molecule has 0 atom stereocenters. The molecule has 0 saturated heterocycles. The summed E-state index contributed by atoms with van der Waals surface area (Å²) in [5.41, 5.74) is 1.40. The fourth-order valence-corrected chi connectivity index (χ4v) is 2.00. The lowest BCUT2D eigenvalue weighted by Gasteiger charge is -2.23. The molecule has 0 aromatic heterocycles. The Labute approximate surface area is 115 Å². The first kappa shape index (κ1) is 17.2. The first-order chi connectivity index (χ1) is 8.42. The molecule has 0 bridgehead atoms. The molecule has 0 heterocycles. The van der Waals surface area contributed by atoms with Crippen molar-refractivity contribution in [2.24, 2.45) is 0 Å². The van der Waals surface area contributed by atoms with E-state index in [9.17, 15) is 0 Å². The van der Waals surface area contributed by atoms with E-state index in [0.717, 1.165) is 17.7 Å². The minimum absolute atomic E-state index is 0.986. The molecule has 1 aromatic rings. The molecule has 2 heteroatoms. The van der Waals surface area contributed by atoms with Crippen LogP contribution < -0.4 is 0 Å². The van der Waals surface area contributed by atoms with Crippen LogP contribution in [0.15, 0.2) is 30.3 Å². The molecule has 0 amide bonds. The maximum absolute atomic E-state index is 2.26. The molecular formula is C16H31BN+. The number of quaternary nitrogens is 1. The summed E-state index contributed by atoms with van der Waals surface area (Å²) in [6.07, 6.45) is 4.06. The average molecular weight is 248 g/mol. The van der Waals surface area contributed by atoms with E-state index in [1.54, 1.807) is 0 Å². The number of rotatable bonds is 5. The third-order valence-electron chi connectivity index (χ3n) is 3.23. The van der Waals surface area contributed by atoms with Crippen LogP contribution in [0.4, 0.5) is 0 Å². The normalized spacial score (nSPS) is 10.6. The first-order valence-corrected chi connectivity index (χ1v) is 7.27. The number of benzene rings is 1. The van der Waals surface area contributed by atoms with Gasteiger partial charge in [-0.1, -0.05) is 70.1 Å². The minimum atomic E-state index is 0.986. The van der Waals surface area contributed by atoms with Gasteiger partial charge in [-0.15, -0.1) is 0 Å². The highest BCUT2D eigenvalue weighted by molar-refractivity contribution is 6.58. The van der Waals surface area contributed by atoms with Gasteiger partial charge in [-0.05, 0) is 0 Å². The van der Waals surface area contributed by atoms with Gasteiger partial charge in [0.15, 0.2) is 0 Å². The van der Waals surface area contributed by atoms with E-state index < -0.39 is 0 Å². The van der Waals surface area contributed by atoms with Crippen LogP contribution in [0.2, 0.25) is 19.0 Å². The lowest BCUT2D eigenvalue weighted by molar-refractivity contribution is -0.884. The molecule has 0 aliphatic heterocycles. The van der Waals surface area contributed by atoms with E-state index in [2.05, 4.69) is 72.2 Å². The monoisotopic (exact) mass is 248 g/mol. The summed E-state index contributed by atoms with van der Waals surface area (Å²) in [6.45, 7) is 8.87. The van der Waals surface area contributed by atoms with Crippen LogP contribution in [0.3, 0.4) is 0 Å². The Morgan fingerprint density at radius 2 is 1.28 bits per heavy atom. The molecule has 18 heavy (non-hydrogen) atoms. The Hall–Kier alpha value is -0.755. The lowest BCUT2D eigenvalue weighted by Crippen LogP contribution is -2.33. The van der Waals surface area contributed by atoms with Crippen molar-refractivity contribution >= 4 is 6.71 Å². The molecule has 0 radical (unpaired) electrons. The van der Waals surface area contributed by atoms with Crippen LogP contribution in [0.5, 0.6) is 0 Å². The van der Waals surface area contributed by atoms with Crippen molar-refractivity contribution in [3.8, 4) is 0 Å². The molecular weight excluding hydrogens is 217 g/mol. The zero-order chi connectivity index (χ0) is 14.0. The van der Waals surface area contributed by atoms with Gasteiger partial charge in [0, 0.05) is 5.56 Å². The van der Waals surface area contributed by atoms with Crippen molar-refractivity contribution in [3.63, 3.8) is 0 Å². The molecule has 0 spiro atoms. The summed E-state index contributed by atoms with van der Waals surface area (Å²) in [5.74, 6) is 0. The molecule has 0 unspecified atom stereocenters. The zero-order valence-corrected chi connectivity index (χ0v) is 13.2. The second-order valence-electron chi connectivity index (χ2n) is 6.02. The summed E-state index contributed by atoms with van der Waals surface area (Å²) in [5, 5.41) is 0. The van der Waals surface area contributed by atoms with Gasteiger partial charge in [0.25, 0.3) is 0 Å². The van der Waals surface area contributed by atoms with Crippen LogP contribution >= 0.6 is 0 Å². The number of hydrogen-bond acceptors (Lipinski definition) is 0. The molecule has 0 aliphatic carbocycles. The largest absolute Gasteiger partial charge is 0.327 e. The molecule has 102 valence electrons. The lowest BCUT2D eigenvalue weighted by atomic mass is 9.44. The highest BCUT2D eigenvalue weighted by Gasteiger charge is 2.06. The van der Waals surface area contributed by atoms with Gasteiger partial charge < -0.3 is 4.48 Å². The van der Waals surface area contributed by atoms with Crippen molar-refractivity contribution in [1.29, 1.82) is 0 Å². The second kappa shape index (κ2) is 9.21. The van der Waals surface area contributed by atoms with Crippen molar-refractivity contribution in [1.82, 2.24) is 0 Å². The quantitative estimate of drug-likeness (QED) is 0.534. The smallest absolute Gasteiger partial charge is 0.139 e. The third kappa shape index (κ3) is 9.29. The van der Waals surface area contributed by atoms with E-state index in [-0.39, 0.29) is 0 Å². The van der Waals surface area contributed by atoms with Crippen molar-refractivity contribution in [2.75, 3.05) is 21.1 Å².